The predicted octanol–water partition coefficient (Wildman–Crippen LogP) is 3.21. The molecule has 0 aliphatic carbocycles. The van der Waals surface area contributed by atoms with Crippen molar-refractivity contribution in [1.82, 2.24) is 0 Å². The summed E-state index contributed by atoms with van der Waals surface area (Å²) < 4.78 is 304. The Hall–Kier alpha value is -0.560. The third-order valence-electron chi connectivity index (χ3n) is 4.24. The maximum absolute atomic E-state index is 13.5. The SMILES string of the molecule is O=S(=O)([O-])[13CH2]CC(F)(F)C(F)(F)C(F)(F)C(F)(F)C(F)(F)C(F)(F)C(F)(F)C(F)(F)C(F)(F)C(F)(F)F.[Na+]. The Morgan fingerprint density at radius 2 is 0.632 bits per heavy atom. The van der Waals surface area contributed by atoms with E-state index >= 15 is 0 Å². The maximum Gasteiger partial charge on any atom is 1.00 e. The minimum atomic E-state index is -9.28. The molecule has 0 unspecified atom stereocenters. The molecule has 0 aliphatic rings. The summed E-state index contributed by atoms with van der Waals surface area (Å²) in [5.74, 6) is -81.4. The van der Waals surface area contributed by atoms with Crippen LogP contribution in [0.1, 0.15) is 6.42 Å². The van der Waals surface area contributed by atoms with Crippen LogP contribution in [0, 0.1) is 0 Å². The molecule has 0 saturated carbocycles. The first-order valence-corrected chi connectivity index (χ1v) is 9.44. The van der Waals surface area contributed by atoms with Gasteiger partial charge in [-0.25, -0.2) is 8.42 Å². The Morgan fingerprint density at radius 3 is 0.842 bits per heavy atom. The minimum absolute atomic E-state index is 0. The zero-order valence-corrected chi connectivity index (χ0v) is 19.8. The standard InChI is InChI=1S/C12H5F21O3S.Na/c13-3(14,1-2-37(34,35)36)4(15,16)5(17,18)6(19,20)7(21,22)8(23,24)9(25,26)10(27,28)11(29,30)12(31,32)33;/h1-2H2,(H,34,35,36);/q;+1/p-1/i2+1;. The van der Waals surface area contributed by atoms with Crippen LogP contribution in [0.2, 0.25) is 0 Å². The molecule has 0 rings (SSSR count). The molecule has 26 heteroatoms. The van der Waals surface area contributed by atoms with Crippen molar-refractivity contribution in [3.63, 3.8) is 0 Å². The molecule has 0 saturated heterocycles. The van der Waals surface area contributed by atoms with Crippen molar-refractivity contribution in [2.75, 3.05) is 5.75 Å². The van der Waals surface area contributed by atoms with Crippen molar-refractivity contribution in [2.24, 2.45) is 0 Å². The van der Waals surface area contributed by atoms with Crippen LogP contribution in [0.4, 0.5) is 92.2 Å². The van der Waals surface area contributed by atoms with Gasteiger partial charge in [-0.15, -0.1) is 0 Å². The van der Waals surface area contributed by atoms with E-state index in [-0.39, 0.29) is 29.6 Å². The number of alkyl halides is 21. The summed E-state index contributed by atoms with van der Waals surface area (Å²) in [5, 5.41) is 0. The number of rotatable bonds is 11. The second kappa shape index (κ2) is 10.1. The summed E-state index contributed by atoms with van der Waals surface area (Å²) in [4.78, 5) is 0. The summed E-state index contributed by atoms with van der Waals surface area (Å²) in [6, 6.07) is 0. The number of hydrogen-bond donors (Lipinski definition) is 0. The monoisotopic (exact) mass is 651 g/mol. The number of hydrogen-bond acceptors (Lipinski definition) is 3. The molecule has 0 bridgehead atoms. The van der Waals surface area contributed by atoms with Gasteiger partial charge in [0, 0.05) is 12.2 Å². The maximum atomic E-state index is 13.5. The molecule has 0 fully saturated rings. The minimum Gasteiger partial charge on any atom is -0.748 e. The summed E-state index contributed by atoms with van der Waals surface area (Å²) in [5.41, 5.74) is 0. The molecule has 224 valence electrons. The summed E-state index contributed by atoms with van der Waals surface area (Å²) in [6.07, 6.45) is -11.5. The third-order valence-corrected chi connectivity index (χ3v) is 4.95. The quantitative estimate of drug-likeness (QED) is 0.149. The van der Waals surface area contributed by atoms with Gasteiger partial charge < -0.3 is 4.55 Å². The molecular formula is C12H4F21NaO3S. The molecule has 0 atom stereocenters. The number of halogens is 21. The molecule has 0 aliphatic heterocycles. The molecule has 0 N–H and O–H groups in total. The van der Waals surface area contributed by atoms with Crippen LogP contribution in [0.3, 0.4) is 0 Å². The van der Waals surface area contributed by atoms with Crippen LogP contribution < -0.4 is 29.6 Å². The van der Waals surface area contributed by atoms with Crippen LogP contribution in [-0.2, 0) is 10.1 Å². The van der Waals surface area contributed by atoms with Gasteiger partial charge in [0.05, 0.1) is 10.1 Å². The molecule has 0 heterocycles. The topological polar surface area (TPSA) is 57.2 Å². The van der Waals surface area contributed by atoms with Gasteiger partial charge in [0.25, 0.3) is 0 Å². The van der Waals surface area contributed by atoms with Gasteiger partial charge in [0.2, 0.25) is 0 Å². The van der Waals surface area contributed by atoms with Crippen molar-refractivity contribution in [2.45, 2.75) is 65.9 Å². The fourth-order valence-corrected chi connectivity index (χ4v) is 2.51. The van der Waals surface area contributed by atoms with Crippen molar-refractivity contribution >= 4 is 10.1 Å². The molecule has 0 aromatic rings. The van der Waals surface area contributed by atoms with E-state index in [1.807, 2.05) is 0 Å². The van der Waals surface area contributed by atoms with Crippen molar-refractivity contribution in [1.29, 1.82) is 0 Å². The smallest absolute Gasteiger partial charge is 0.748 e. The zero-order valence-electron chi connectivity index (χ0n) is 17.0. The van der Waals surface area contributed by atoms with Crippen LogP contribution in [0.15, 0.2) is 0 Å². The fourth-order valence-electron chi connectivity index (χ4n) is 2.00. The van der Waals surface area contributed by atoms with Gasteiger partial charge in [-0.1, -0.05) is 0 Å². The molecule has 0 aromatic heterocycles. The average molecular weight is 651 g/mol. The Bertz CT molecular complexity index is 953. The van der Waals surface area contributed by atoms with Gasteiger partial charge in [-0.3, -0.25) is 0 Å². The Kier molecular flexibility index (Phi) is 10.5. The Labute approximate surface area is 216 Å². The van der Waals surface area contributed by atoms with E-state index in [0.29, 0.717) is 0 Å². The normalized spacial score (nSPS) is 16.4. The van der Waals surface area contributed by atoms with E-state index in [0.717, 1.165) is 0 Å². The first-order valence-electron chi connectivity index (χ1n) is 7.86. The first kappa shape index (κ1) is 39.6. The first-order chi connectivity index (χ1) is 15.5. The summed E-state index contributed by atoms with van der Waals surface area (Å²) in [6.45, 7) is 0. The predicted molar refractivity (Wildman–Crippen MR) is 69.8 cm³/mol. The molecule has 0 aromatic carbocycles. The average Bonchev–Trinajstić information content (AvgIpc) is 2.63. The molecular weight excluding hydrogens is 647 g/mol. The largest absolute Gasteiger partial charge is 1.00 e. The molecule has 38 heavy (non-hydrogen) atoms. The van der Waals surface area contributed by atoms with E-state index in [1.54, 1.807) is 0 Å². The van der Waals surface area contributed by atoms with Crippen LogP contribution >= 0.6 is 0 Å². The Morgan fingerprint density at radius 1 is 0.421 bits per heavy atom. The van der Waals surface area contributed by atoms with E-state index in [1.165, 1.54) is 0 Å². The van der Waals surface area contributed by atoms with Crippen molar-refractivity contribution in [3.8, 4) is 0 Å². The van der Waals surface area contributed by atoms with E-state index < -0.39 is 81.8 Å². The molecule has 0 spiro atoms. The van der Waals surface area contributed by atoms with Gasteiger partial charge >= 0.3 is 89.0 Å². The summed E-state index contributed by atoms with van der Waals surface area (Å²) >= 11 is 0. The van der Waals surface area contributed by atoms with Crippen molar-refractivity contribution < 1.29 is 135 Å². The van der Waals surface area contributed by atoms with Crippen LogP contribution in [0.25, 0.3) is 0 Å². The van der Waals surface area contributed by atoms with Crippen LogP contribution in [0.5, 0.6) is 0 Å². The molecule has 0 amide bonds. The fraction of sp³-hybridized carbons (Fsp3) is 1.00. The Balaban J connectivity index is 0. The molecule has 0 radical (unpaired) electrons. The van der Waals surface area contributed by atoms with Crippen molar-refractivity contribution in [3.05, 3.63) is 0 Å². The second-order valence-electron chi connectivity index (χ2n) is 6.81. The van der Waals surface area contributed by atoms with Gasteiger partial charge in [-0.05, 0) is 0 Å². The van der Waals surface area contributed by atoms with Gasteiger partial charge in [-0.2, -0.15) is 92.2 Å². The second-order valence-corrected chi connectivity index (χ2v) is 8.33. The third kappa shape index (κ3) is 5.50. The van der Waals surface area contributed by atoms with Gasteiger partial charge in [0.1, 0.15) is 0 Å². The molecule has 3 nitrogen and oxygen atoms in total. The summed E-state index contributed by atoms with van der Waals surface area (Å²) in [7, 11) is -6.12. The van der Waals surface area contributed by atoms with E-state index in [2.05, 4.69) is 0 Å². The van der Waals surface area contributed by atoms with E-state index in [9.17, 15) is 105 Å². The van der Waals surface area contributed by atoms with Gasteiger partial charge in [0.15, 0.2) is 0 Å². The zero-order chi connectivity index (χ0) is 30.9. The van der Waals surface area contributed by atoms with Crippen LogP contribution in [-0.4, -0.2) is 78.2 Å². The van der Waals surface area contributed by atoms with E-state index in [4.69, 9.17) is 0 Å².